The van der Waals surface area contributed by atoms with E-state index in [4.69, 9.17) is 11.6 Å². The quantitative estimate of drug-likeness (QED) is 0.748. The number of benzene rings is 1. The van der Waals surface area contributed by atoms with Crippen LogP contribution in [0.4, 0.5) is 19.3 Å². The average molecular weight is 335 g/mol. The second-order valence-electron chi connectivity index (χ2n) is 5.45. The molecule has 1 fully saturated rings. The number of nitrogens with one attached hydrogen (secondary N) is 2. The second-order valence-corrected chi connectivity index (χ2v) is 5.86. The fourth-order valence-electron chi connectivity index (χ4n) is 2.18. The monoisotopic (exact) mass is 334 g/mol. The summed E-state index contributed by atoms with van der Waals surface area (Å²) in [5.41, 5.74) is -0.438. The average Bonchev–Trinajstić information content (AvgIpc) is 3.26. The molecule has 1 aromatic rings. The summed E-state index contributed by atoms with van der Waals surface area (Å²) in [6, 6.07) is 3.49. The maximum atomic E-state index is 12.3. The van der Waals surface area contributed by atoms with Gasteiger partial charge in [-0.25, -0.2) is 4.79 Å². The Bertz CT molecular complexity index is 555. The molecule has 0 radical (unpaired) electrons. The zero-order valence-electron chi connectivity index (χ0n) is 11.9. The van der Waals surface area contributed by atoms with Crippen LogP contribution in [0.25, 0.3) is 0 Å². The van der Waals surface area contributed by atoms with E-state index in [-0.39, 0.29) is 29.0 Å². The summed E-state index contributed by atoms with van der Waals surface area (Å²) in [5.74, 6) is 0.0211. The summed E-state index contributed by atoms with van der Waals surface area (Å²) >= 11 is 5.74. The van der Waals surface area contributed by atoms with Gasteiger partial charge in [0, 0.05) is 11.8 Å². The molecule has 0 aliphatic heterocycles. The number of hydrogen-bond acceptors (Lipinski definition) is 3. The SMILES string of the molecule is CC(CO)(NC(=O)Nc1ccc(Cl)c(OC(F)F)c1)C1CC1. The molecule has 0 aromatic heterocycles. The molecule has 1 aromatic carbocycles. The number of amides is 2. The molecule has 0 saturated heterocycles. The van der Waals surface area contributed by atoms with Crippen LogP contribution in [0.2, 0.25) is 5.02 Å². The highest BCUT2D eigenvalue weighted by molar-refractivity contribution is 6.32. The van der Waals surface area contributed by atoms with Gasteiger partial charge >= 0.3 is 12.6 Å². The Labute approximate surface area is 131 Å². The molecule has 1 unspecified atom stereocenters. The number of urea groups is 1. The Morgan fingerprint density at radius 1 is 1.55 bits per heavy atom. The lowest BCUT2D eigenvalue weighted by Gasteiger charge is -2.28. The topological polar surface area (TPSA) is 70.6 Å². The van der Waals surface area contributed by atoms with Gasteiger partial charge in [-0.15, -0.1) is 0 Å². The Balaban J connectivity index is 2.02. The van der Waals surface area contributed by atoms with E-state index < -0.39 is 18.2 Å². The van der Waals surface area contributed by atoms with E-state index in [2.05, 4.69) is 15.4 Å². The molecule has 2 amide bonds. The third-order valence-electron chi connectivity index (χ3n) is 3.61. The molecule has 3 N–H and O–H groups in total. The predicted molar refractivity (Wildman–Crippen MR) is 78.5 cm³/mol. The number of alkyl halides is 2. The van der Waals surface area contributed by atoms with Gasteiger partial charge in [0.1, 0.15) is 5.75 Å². The normalized spacial score (nSPS) is 17.0. The molecule has 2 rings (SSSR count). The molecule has 0 heterocycles. The molecule has 1 atom stereocenters. The number of carbonyl (C=O) groups excluding carboxylic acids is 1. The highest BCUT2D eigenvalue weighted by Crippen LogP contribution is 2.39. The molecule has 1 aliphatic carbocycles. The lowest BCUT2D eigenvalue weighted by atomic mass is 9.97. The lowest BCUT2D eigenvalue weighted by Crippen LogP contribution is -2.52. The summed E-state index contributed by atoms with van der Waals surface area (Å²) in [7, 11) is 0. The van der Waals surface area contributed by atoms with Crippen molar-refractivity contribution in [2.24, 2.45) is 5.92 Å². The first-order valence-electron chi connectivity index (χ1n) is 6.78. The van der Waals surface area contributed by atoms with Gasteiger partial charge in [0.05, 0.1) is 17.2 Å². The van der Waals surface area contributed by atoms with E-state index in [1.807, 2.05) is 0 Å². The van der Waals surface area contributed by atoms with Crippen molar-refractivity contribution in [2.75, 3.05) is 11.9 Å². The second kappa shape index (κ2) is 6.66. The van der Waals surface area contributed by atoms with Gasteiger partial charge in [-0.1, -0.05) is 11.6 Å². The molecule has 1 saturated carbocycles. The van der Waals surface area contributed by atoms with Crippen molar-refractivity contribution in [3.63, 3.8) is 0 Å². The smallest absolute Gasteiger partial charge is 0.387 e. The van der Waals surface area contributed by atoms with Crippen LogP contribution in [0.3, 0.4) is 0 Å². The van der Waals surface area contributed by atoms with Gasteiger partial charge in [0.2, 0.25) is 0 Å². The fraction of sp³-hybridized carbons (Fsp3) is 0.500. The summed E-state index contributed by atoms with van der Waals surface area (Å²) in [4.78, 5) is 12.0. The number of halogens is 3. The number of carbonyl (C=O) groups is 1. The Hall–Kier alpha value is -1.60. The van der Waals surface area contributed by atoms with E-state index in [9.17, 15) is 18.7 Å². The number of anilines is 1. The van der Waals surface area contributed by atoms with Crippen molar-refractivity contribution in [2.45, 2.75) is 31.9 Å². The first-order valence-corrected chi connectivity index (χ1v) is 7.16. The van der Waals surface area contributed by atoms with E-state index in [1.54, 1.807) is 6.92 Å². The molecule has 5 nitrogen and oxygen atoms in total. The Morgan fingerprint density at radius 3 is 2.77 bits per heavy atom. The van der Waals surface area contributed by atoms with Crippen molar-refractivity contribution in [1.82, 2.24) is 5.32 Å². The van der Waals surface area contributed by atoms with Gasteiger partial charge < -0.3 is 20.5 Å². The maximum absolute atomic E-state index is 12.3. The van der Waals surface area contributed by atoms with E-state index >= 15 is 0 Å². The van der Waals surface area contributed by atoms with E-state index in [1.165, 1.54) is 18.2 Å². The zero-order valence-corrected chi connectivity index (χ0v) is 12.7. The van der Waals surface area contributed by atoms with Gasteiger partial charge in [-0.3, -0.25) is 0 Å². The van der Waals surface area contributed by atoms with Crippen molar-refractivity contribution in [1.29, 1.82) is 0 Å². The van der Waals surface area contributed by atoms with Gasteiger partial charge in [-0.05, 0) is 37.8 Å². The summed E-state index contributed by atoms with van der Waals surface area (Å²) in [5, 5.41) is 14.7. The van der Waals surface area contributed by atoms with Crippen LogP contribution >= 0.6 is 11.6 Å². The molecular formula is C14H17ClF2N2O3. The van der Waals surface area contributed by atoms with E-state index in [0.29, 0.717) is 0 Å². The van der Waals surface area contributed by atoms with Crippen molar-refractivity contribution < 1.29 is 23.4 Å². The number of aliphatic hydroxyl groups is 1. The molecule has 8 heteroatoms. The van der Waals surface area contributed by atoms with Crippen LogP contribution in [-0.2, 0) is 0 Å². The lowest BCUT2D eigenvalue weighted by molar-refractivity contribution is -0.0497. The van der Waals surface area contributed by atoms with E-state index in [0.717, 1.165) is 12.8 Å². The number of aliphatic hydroxyl groups excluding tert-OH is 1. The van der Waals surface area contributed by atoms with Gasteiger partial charge in [-0.2, -0.15) is 8.78 Å². The Kier molecular flexibility index (Phi) is 5.08. The third-order valence-corrected chi connectivity index (χ3v) is 3.92. The van der Waals surface area contributed by atoms with Crippen LogP contribution < -0.4 is 15.4 Å². The van der Waals surface area contributed by atoms with Crippen LogP contribution in [0.1, 0.15) is 19.8 Å². The van der Waals surface area contributed by atoms with Crippen molar-refractivity contribution >= 4 is 23.3 Å². The zero-order chi connectivity index (χ0) is 16.3. The van der Waals surface area contributed by atoms with Crippen LogP contribution in [-0.4, -0.2) is 29.9 Å². The van der Waals surface area contributed by atoms with Crippen LogP contribution in [0.5, 0.6) is 5.75 Å². The molecule has 0 bridgehead atoms. The fourth-order valence-corrected chi connectivity index (χ4v) is 2.34. The number of rotatable bonds is 6. The first-order chi connectivity index (χ1) is 10.3. The van der Waals surface area contributed by atoms with Crippen LogP contribution in [0.15, 0.2) is 18.2 Å². The van der Waals surface area contributed by atoms with Crippen molar-refractivity contribution in [3.8, 4) is 5.75 Å². The molecular weight excluding hydrogens is 318 g/mol. The highest BCUT2D eigenvalue weighted by atomic mass is 35.5. The number of hydrogen-bond donors (Lipinski definition) is 3. The first kappa shape index (κ1) is 16.8. The third kappa shape index (κ3) is 4.20. The van der Waals surface area contributed by atoms with Crippen LogP contribution in [0, 0.1) is 5.92 Å². The molecule has 0 spiro atoms. The van der Waals surface area contributed by atoms with Gasteiger partial charge in [0.15, 0.2) is 0 Å². The predicted octanol–water partition coefficient (Wildman–Crippen LogP) is 3.22. The summed E-state index contributed by atoms with van der Waals surface area (Å²) < 4.78 is 28.8. The van der Waals surface area contributed by atoms with Crippen molar-refractivity contribution in [3.05, 3.63) is 23.2 Å². The van der Waals surface area contributed by atoms with Gasteiger partial charge in [0.25, 0.3) is 0 Å². The minimum absolute atomic E-state index is 0.0180. The maximum Gasteiger partial charge on any atom is 0.387 e. The minimum atomic E-state index is -3.01. The number of ether oxygens (including phenoxy) is 1. The summed E-state index contributed by atoms with van der Waals surface area (Å²) in [6.07, 6.45) is 1.90. The highest BCUT2D eigenvalue weighted by Gasteiger charge is 2.42. The standard InChI is InChI=1S/C14H17ClF2N2O3/c1-14(7-20,8-2-3-8)19-13(21)18-9-4-5-10(15)11(6-9)22-12(16)17/h4-6,8,12,20H,2-3,7H2,1H3,(H2,18,19,21). The summed E-state index contributed by atoms with van der Waals surface area (Å²) in [6.45, 7) is -1.42. The largest absolute Gasteiger partial charge is 0.433 e. The molecule has 122 valence electrons. The molecule has 1 aliphatic rings. The molecule has 22 heavy (non-hydrogen) atoms. The minimum Gasteiger partial charge on any atom is -0.433 e. The Morgan fingerprint density at radius 2 is 2.23 bits per heavy atom.